The molecule has 0 unspecified atom stereocenters. The number of hydrogen-bond donors (Lipinski definition) is 0. The van der Waals surface area contributed by atoms with Crippen LogP contribution in [-0.2, 0) is 4.74 Å². The maximum atomic E-state index is 11.2. The molecule has 2 nitrogen and oxygen atoms in total. The van der Waals surface area contributed by atoms with Crippen molar-refractivity contribution < 1.29 is 9.53 Å². The highest BCUT2D eigenvalue weighted by Gasteiger charge is 2.12. The summed E-state index contributed by atoms with van der Waals surface area (Å²) in [5.74, 6) is -0.243. The molecule has 0 amide bonds. The molecule has 4 heteroatoms. The summed E-state index contributed by atoms with van der Waals surface area (Å²) in [4.78, 5) is 11.9. The normalized spacial score (nSPS) is 10.6. The van der Waals surface area contributed by atoms with Crippen LogP contribution in [0, 0.1) is 6.92 Å². The second-order valence-corrected chi connectivity index (χ2v) is 4.91. The zero-order chi connectivity index (χ0) is 9.42. The third-order valence-corrected chi connectivity index (χ3v) is 4.21. The number of ether oxygens (including phenoxy) is 1. The number of methoxy groups -OCH3 is 1. The molecule has 2 aromatic heterocycles. The molecule has 0 spiro atoms. The first-order valence-corrected chi connectivity index (χ1v) is 5.48. The first-order chi connectivity index (χ1) is 6.22. The van der Waals surface area contributed by atoms with Crippen molar-refractivity contribution in [3.63, 3.8) is 0 Å². The van der Waals surface area contributed by atoms with E-state index < -0.39 is 0 Å². The van der Waals surface area contributed by atoms with Crippen molar-refractivity contribution in [3.8, 4) is 0 Å². The van der Waals surface area contributed by atoms with E-state index in [-0.39, 0.29) is 5.97 Å². The number of hydrogen-bond acceptors (Lipinski definition) is 4. The summed E-state index contributed by atoms with van der Waals surface area (Å²) >= 11 is 3.17. The maximum Gasteiger partial charge on any atom is 0.348 e. The topological polar surface area (TPSA) is 26.3 Å². The van der Waals surface area contributed by atoms with Gasteiger partial charge in [-0.1, -0.05) is 0 Å². The predicted molar refractivity (Wildman–Crippen MR) is 55.8 cm³/mol. The zero-order valence-electron chi connectivity index (χ0n) is 7.29. The maximum absolute atomic E-state index is 11.2. The summed E-state index contributed by atoms with van der Waals surface area (Å²) in [6, 6.07) is 1.90. The van der Waals surface area contributed by atoms with E-state index in [0.717, 1.165) is 0 Å². The minimum absolute atomic E-state index is 0.243. The average Bonchev–Trinajstić information content (AvgIpc) is 2.67. The first kappa shape index (κ1) is 8.72. The Morgan fingerprint density at radius 3 is 2.92 bits per heavy atom. The molecule has 13 heavy (non-hydrogen) atoms. The van der Waals surface area contributed by atoms with Gasteiger partial charge >= 0.3 is 5.97 Å². The van der Waals surface area contributed by atoms with Crippen LogP contribution in [0.5, 0.6) is 0 Å². The van der Waals surface area contributed by atoms with E-state index in [4.69, 9.17) is 0 Å². The van der Waals surface area contributed by atoms with E-state index in [1.807, 2.05) is 13.0 Å². The van der Waals surface area contributed by atoms with Crippen molar-refractivity contribution >= 4 is 38.0 Å². The van der Waals surface area contributed by atoms with Gasteiger partial charge in [-0.25, -0.2) is 4.79 Å². The fraction of sp³-hybridized carbons (Fsp3) is 0.222. The van der Waals surface area contributed by atoms with E-state index in [9.17, 15) is 4.79 Å². The van der Waals surface area contributed by atoms with Gasteiger partial charge in [-0.05, 0) is 23.9 Å². The summed E-state index contributed by atoms with van der Waals surface area (Å²) in [5, 5.41) is 3.28. The van der Waals surface area contributed by atoms with Gasteiger partial charge in [-0.15, -0.1) is 22.7 Å². The Bertz CT molecular complexity index is 453. The number of carbonyl (C=O) groups excluding carboxylic acids is 1. The Labute approximate surface area is 83.8 Å². The molecule has 0 fully saturated rings. The van der Waals surface area contributed by atoms with Gasteiger partial charge in [0, 0.05) is 5.39 Å². The summed E-state index contributed by atoms with van der Waals surface area (Å²) in [6.07, 6.45) is 0. The highest BCUT2D eigenvalue weighted by molar-refractivity contribution is 7.38. The average molecular weight is 212 g/mol. The lowest BCUT2D eigenvalue weighted by Crippen LogP contribution is -1.96. The van der Waals surface area contributed by atoms with E-state index in [0.29, 0.717) is 4.88 Å². The van der Waals surface area contributed by atoms with Crippen molar-refractivity contribution in [2.24, 2.45) is 0 Å². The van der Waals surface area contributed by atoms with Gasteiger partial charge in [-0.3, -0.25) is 0 Å². The Hall–Kier alpha value is -0.870. The van der Waals surface area contributed by atoms with E-state index in [2.05, 4.69) is 10.1 Å². The van der Waals surface area contributed by atoms with E-state index in [1.54, 1.807) is 11.3 Å². The molecular formula is C9H8O2S2. The molecule has 0 aliphatic carbocycles. The molecule has 0 radical (unpaired) electrons. The van der Waals surface area contributed by atoms with Crippen LogP contribution in [0.25, 0.3) is 9.40 Å². The Kier molecular flexibility index (Phi) is 2.09. The highest BCUT2D eigenvalue weighted by Crippen LogP contribution is 2.33. The minimum Gasteiger partial charge on any atom is -0.465 e. The van der Waals surface area contributed by atoms with Gasteiger partial charge in [0.15, 0.2) is 0 Å². The largest absolute Gasteiger partial charge is 0.465 e. The standard InChI is InChI=1S/C9H8O2S2/c1-5-4-12-9-6(5)3-7(13-9)8(10)11-2/h3-4H,1-2H3. The van der Waals surface area contributed by atoms with Gasteiger partial charge in [0.05, 0.1) is 11.1 Å². The molecule has 2 heterocycles. The second kappa shape index (κ2) is 3.12. The lowest BCUT2D eigenvalue weighted by atomic mass is 10.2. The van der Waals surface area contributed by atoms with Crippen LogP contribution in [-0.4, -0.2) is 13.1 Å². The van der Waals surface area contributed by atoms with Crippen molar-refractivity contribution in [3.05, 3.63) is 21.9 Å². The lowest BCUT2D eigenvalue weighted by molar-refractivity contribution is 0.0606. The molecule has 0 aliphatic rings. The number of thiophene rings is 2. The van der Waals surface area contributed by atoms with E-state index >= 15 is 0 Å². The predicted octanol–water partition coefficient (Wildman–Crippen LogP) is 3.06. The lowest BCUT2D eigenvalue weighted by Gasteiger charge is -1.91. The van der Waals surface area contributed by atoms with Crippen molar-refractivity contribution in [1.82, 2.24) is 0 Å². The summed E-state index contributed by atoms with van der Waals surface area (Å²) in [6.45, 7) is 2.05. The molecule has 0 N–H and O–H groups in total. The van der Waals surface area contributed by atoms with Crippen molar-refractivity contribution in [2.75, 3.05) is 7.11 Å². The molecule has 0 aromatic carbocycles. The van der Waals surface area contributed by atoms with Crippen LogP contribution < -0.4 is 0 Å². The molecule has 0 saturated carbocycles. The Morgan fingerprint density at radius 2 is 2.31 bits per heavy atom. The quantitative estimate of drug-likeness (QED) is 0.679. The zero-order valence-corrected chi connectivity index (χ0v) is 8.92. The molecule has 68 valence electrons. The minimum atomic E-state index is -0.243. The fourth-order valence-corrected chi connectivity index (χ4v) is 3.38. The number of fused-ring (bicyclic) bond motifs is 1. The third-order valence-electron chi connectivity index (χ3n) is 1.85. The summed E-state index contributed by atoms with van der Waals surface area (Å²) in [5.41, 5.74) is 1.23. The van der Waals surface area contributed by atoms with Crippen molar-refractivity contribution in [1.29, 1.82) is 0 Å². The van der Waals surface area contributed by atoms with Gasteiger partial charge in [0.25, 0.3) is 0 Å². The number of rotatable bonds is 1. The Balaban J connectivity index is 2.56. The molecular weight excluding hydrogens is 204 g/mol. The van der Waals surface area contributed by atoms with Crippen LogP contribution in [0.2, 0.25) is 0 Å². The molecule has 2 aromatic rings. The monoisotopic (exact) mass is 212 g/mol. The second-order valence-electron chi connectivity index (χ2n) is 2.72. The highest BCUT2D eigenvalue weighted by atomic mass is 32.2. The SMILES string of the molecule is COC(=O)c1cc2c(C)csc2s1. The summed E-state index contributed by atoms with van der Waals surface area (Å²) < 4.78 is 5.84. The van der Waals surface area contributed by atoms with Crippen LogP contribution in [0.4, 0.5) is 0 Å². The van der Waals surface area contributed by atoms with Gasteiger partial charge in [0.2, 0.25) is 0 Å². The number of esters is 1. The fourth-order valence-electron chi connectivity index (χ4n) is 1.14. The molecule has 0 saturated heterocycles. The van der Waals surface area contributed by atoms with Crippen LogP contribution in [0.3, 0.4) is 0 Å². The molecule has 2 rings (SSSR count). The van der Waals surface area contributed by atoms with Gasteiger partial charge in [0.1, 0.15) is 4.88 Å². The number of aryl methyl sites for hydroxylation is 1. The van der Waals surface area contributed by atoms with E-state index in [1.165, 1.54) is 33.4 Å². The van der Waals surface area contributed by atoms with Crippen LogP contribution >= 0.6 is 22.7 Å². The van der Waals surface area contributed by atoms with Gasteiger partial charge < -0.3 is 4.74 Å². The first-order valence-electron chi connectivity index (χ1n) is 3.78. The molecule has 0 atom stereocenters. The van der Waals surface area contributed by atoms with Crippen LogP contribution in [0.15, 0.2) is 11.4 Å². The molecule has 0 aliphatic heterocycles. The Morgan fingerprint density at radius 1 is 1.54 bits per heavy atom. The smallest absolute Gasteiger partial charge is 0.348 e. The van der Waals surface area contributed by atoms with Crippen LogP contribution in [0.1, 0.15) is 15.2 Å². The van der Waals surface area contributed by atoms with Crippen molar-refractivity contribution in [2.45, 2.75) is 6.92 Å². The third kappa shape index (κ3) is 1.36. The van der Waals surface area contributed by atoms with Gasteiger partial charge in [-0.2, -0.15) is 0 Å². The number of carbonyl (C=O) groups is 1. The molecule has 0 bridgehead atoms. The summed E-state index contributed by atoms with van der Waals surface area (Å²) in [7, 11) is 1.41.